The highest BCUT2D eigenvalue weighted by Gasteiger charge is 2.08. The van der Waals surface area contributed by atoms with Crippen LogP contribution in [0.3, 0.4) is 0 Å². The fourth-order valence-electron chi connectivity index (χ4n) is 4.24. The molecular formula is C27H35NO2. The molecule has 0 bridgehead atoms. The molecule has 3 heteroatoms. The molecule has 0 atom stereocenters. The average Bonchev–Trinajstić information content (AvgIpc) is 3.06. The molecule has 0 aliphatic rings. The summed E-state index contributed by atoms with van der Waals surface area (Å²) in [6, 6.07) is 17.6. The highest BCUT2D eigenvalue weighted by Crippen LogP contribution is 2.24. The zero-order chi connectivity index (χ0) is 21.3. The van der Waals surface area contributed by atoms with Crippen LogP contribution in [0, 0.1) is 5.92 Å². The number of unbranched alkanes of at least 4 members (excludes halogenated alkanes) is 2. The fourth-order valence-corrected chi connectivity index (χ4v) is 4.24. The summed E-state index contributed by atoms with van der Waals surface area (Å²) < 4.78 is 2.23. The molecule has 1 N–H and O–H groups in total. The Morgan fingerprint density at radius 3 is 2.33 bits per heavy atom. The number of rotatable bonds is 12. The Labute approximate surface area is 180 Å². The summed E-state index contributed by atoms with van der Waals surface area (Å²) in [5.41, 5.74) is 5.49. The van der Waals surface area contributed by atoms with Crippen LogP contribution >= 0.6 is 0 Å². The van der Waals surface area contributed by atoms with Gasteiger partial charge in [0, 0.05) is 30.1 Å². The van der Waals surface area contributed by atoms with E-state index in [-0.39, 0.29) is 6.42 Å². The minimum absolute atomic E-state index is 0.223. The van der Waals surface area contributed by atoms with Gasteiger partial charge in [0.2, 0.25) is 0 Å². The van der Waals surface area contributed by atoms with Crippen molar-refractivity contribution in [1.82, 2.24) is 4.57 Å². The smallest absolute Gasteiger partial charge is 0.303 e. The van der Waals surface area contributed by atoms with Crippen LogP contribution in [0.5, 0.6) is 0 Å². The molecule has 0 aliphatic heterocycles. The minimum atomic E-state index is -0.721. The summed E-state index contributed by atoms with van der Waals surface area (Å²) in [7, 11) is 0. The molecule has 3 nitrogen and oxygen atoms in total. The summed E-state index contributed by atoms with van der Waals surface area (Å²) in [6.07, 6.45) is 10.2. The lowest BCUT2D eigenvalue weighted by molar-refractivity contribution is -0.137. The van der Waals surface area contributed by atoms with Crippen LogP contribution in [0.25, 0.3) is 10.9 Å². The number of aromatic nitrogens is 1. The monoisotopic (exact) mass is 405 g/mol. The molecule has 0 saturated heterocycles. The Hall–Kier alpha value is -2.55. The number of para-hydroxylation sites is 1. The number of aryl methyl sites for hydroxylation is 3. The normalized spacial score (nSPS) is 11.4. The predicted octanol–water partition coefficient (Wildman–Crippen LogP) is 6.66. The number of fused-ring (bicyclic) bond motifs is 1. The first-order valence-corrected chi connectivity index (χ1v) is 11.4. The van der Waals surface area contributed by atoms with Crippen molar-refractivity contribution in [1.29, 1.82) is 0 Å². The van der Waals surface area contributed by atoms with E-state index in [0.29, 0.717) is 12.3 Å². The molecule has 0 radical (unpaired) electrons. The van der Waals surface area contributed by atoms with E-state index < -0.39 is 5.97 Å². The van der Waals surface area contributed by atoms with Crippen molar-refractivity contribution in [2.45, 2.75) is 71.8 Å². The second-order valence-electron chi connectivity index (χ2n) is 8.84. The standard InChI is InChI=1S/C27H35NO2/c1-21(2)19-23-16-14-22(15-17-23)9-4-3-5-10-24-20-28(18-8-13-27(29)30)26-12-7-6-11-25(24)26/h6-7,11-12,14-17,20-21H,3-5,8-10,13,18-19H2,1-2H3,(H,29,30). The molecular weight excluding hydrogens is 370 g/mol. The first kappa shape index (κ1) is 22.1. The molecule has 1 heterocycles. The van der Waals surface area contributed by atoms with E-state index >= 15 is 0 Å². The van der Waals surface area contributed by atoms with Crippen molar-refractivity contribution in [3.63, 3.8) is 0 Å². The van der Waals surface area contributed by atoms with Crippen LogP contribution in [0.1, 0.15) is 62.6 Å². The largest absolute Gasteiger partial charge is 0.481 e. The van der Waals surface area contributed by atoms with Gasteiger partial charge in [-0.25, -0.2) is 0 Å². The maximum Gasteiger partial charge on any atom is 0.303 e. The van der Waals surface area contributed by atoms with Gasteiger partial charge in [0.25, 0.3) is 0 Å². The van der Waals surface area contributed by atoms with Crippen LogP contribution in [0.2, 0.25) is 0 Å². The van der Waals surface area contributed by atoms with Crippen LogP contribution in [-0.2, 0) is 30.6 Å². The summed E-state index contributed by atoms with van der Waals surface area (Å²) in [6.45, 7) is 5.29. The molecule has 0 spiro atoms. The number of carbonyl (C=O) groups is 1. The minimum Gasteiger partial charge on any atom is -0.481 e. The Morgan fingerprint density at radius 2 is 1.60 bits per heavy atom. The zero-order valence-corrected chi connectivity index (χ0v) is 18.4. The second-order valence-corrected chi connectivity index (χ2v) is 8.84. The lowest BCUT2D eigenvalue weighted by Gasteiger charge is -2.07. The molecule has 2 aromatic carbocycles. The van der Waals surface area contributed by atoms with Gasteiger partial charge in [-0.3, -0.25) is 4.79 Å². The third-order valence-electron chi connectivity index (χ3n) is 5.74. The third-order valence-corrected chi connectivity index (χ3v) is 5.74. The number of carboxylic acids is 1. The molecule has 160 valence electrons. The lowest BCUT2D eigenvalue weighted by Crippen LogP contribution is -2.00. The first-order chi connectivity index (χ1) is 14.5. The number of nitrogens with zero attached hydrogens (tertiary/aromatic N) is 1. The number of carboxylic acid groups (broad SMARTS) is 1. The molecule has 0 unspecified atom stereocenters. The molecule has 1 aromatic heterocycles. The summed E-state index contributed by atoms with van der Waals surface area (Å²) >= 11 is 0. The van der Waals surface area contributed by atoms with Crippen molar-refractivity contribution < 1.29 is 9.90 Å². The van der Waals surface area contributed by atoms with Gasteiger partial charge >= 0.3 is 5.97 Å². The number of hydrogen-bond acceptors (Lipinski definition) is 1. The van der Waals surface area contributed by atoms with E-state index in [1.54, 1.807) is 0 Å². The van der Waals surface area contributed by atoms with E-state index in [2.05, 4.69) is 73.1 Å². The maximum absolute atomic E-state index is 10.8. The Bertz CT molecular complexity index is 937. The van der Waals surface area contributed by atoms with Crippen LogP contribution < -0.4 is 0 Å². The number of aliphatic carboxylic acids is 1. The SMILES string of the molecule is CC(C)Cc1ccc(CCCCCc2cn(CCCC(=O)O)c3ccccc23)cc1. The molecule has 0 fully saturated rings. The van der Waals surface area contributed by atoms with Gasteiger partial charge < -0.3 is 9.67 Å². The summed E-state index contributed by atoms with van der Waals surface area (Å²) in [4.78, 5) is 10.8. The Kier molecular flexibility index (Phi) is 8.12. The van der Waals surface area contributed by atoms with E-state index in [1.165, 1.54) is 46.9 Å². The van der Waals surface area contributed by atoms with Gasteiger partial charge in [0.1, 0.15) is 0 Å². The van der Waals surface area contributed by atoms with Gasteiger partial charge in [0.15, 0.2) is 0 Å². The molecule has 0 aliphatic carbocycles. The Morgan fingerprint density at radius 1 is 0.900 bits per heavy atom. The van der Waals surface area contributed by atoms with E-state index in [1.807, 2.05) is 0 Å². The average molecular weight is 406 g/mol. The van der Waals surface area contributed by atoms with Gasteiger partial charge in [0.05, 0.1) is 0 Å². The zero-order valence-electron chi connectivity index (χ0n) is 18.4. The van der Waals surface area contributed by atoms with Gasteiger partial charge in [-0.15, -0.1) is 0 Å². The van der Waals surface area contributed by atoms with Crippen LogP contribution in [0.4, 0.5) is 0 Å². The number of hydrogen-bond donors (Lipinski definition) is 1. The summed E-state index contributed by atoms with van der Waals surface area (Å²) in [5.74, 6) is -0.0137. The molecule has 0 amide bonds. The van der Waals surface area contributed by atoms with Crippen molar-refractivity contribution in [2.75, 3.05) is 0 Å². The maximum atomic E-state index is 10.8. The van der Waals surface area contributed by atoms with Crippen LogP contribution in [0.15, 0.2) is 54.7 Å². The highest BCUT2D eigenvalue weighted by molar-refractivity contribution is 5.84. The molecule has 3 rings (SSSR count). The quantitative estimate of drug-likeness (QED) is 0.342. The van der Waals surface area contributed by atoms with Crippen molar-refractivity contribution >= 4 is 16.9 Å². The fraction of sp³-hybridized carbons (Fsp3) is 0.444. The second kappa shape index (κ2) is 11.0. The molecule has 0 saturated carbocycles. The third kappa shape index (κ3) is 6.48. The first-order valence-electron chi connectivity index (χ1n) is 11.4. The predicted molar refractivity (Wildman–Crippen MR) is 125 cm³/mol. The molecule has 3 aromatic rings. The van der Waals surface area contributed by atoms with E-state index in [4.69, 9.17) is 5.11 Å². The van der Waals surface area contributed by atoms with E-state index in [0.717, 1.165) is 25.8 Å². The summed E-state index contributed by atoms with van der Waals surface area (Å²) in [5, 5.41) is 10.2. The van der Waals surface area contributed by atoms with E-state index in [9.17, 15) is 4.79 Å². The number of benzene rings is 2. The lowest BCUT2D eigenvalue weighted by atomic mass is 9.99. The van der Waals surface area contributed by atoms with Crippen molar-refractivity contribution in [2.24, 2.45) is 5.92 Å². The van der Waals surface area contributed by atoms with Gasteiger partial charge in [-0.1, -0.05) is 62.7 Å². The van der Waals surface area contributed by atoms with Gasteiger partial charge in [-0.05, 0) is 67.2 Å². The topological polar surface area (TPSA) is 42.2 Å². The highest BCUT2D eigenvalue weighted by atomic mass is 16.4. The molecule has 30 heavy (non-hydrogen) atoms. The van der Waals surface area contributed by atoms with Gasteiger partial charge in [-0.2, -0.15) is 0 Å². The van der Waals surface area contributed by atoms with Crippen molar-refractivity contribution in [3.05, 3.63) is 71.4 Å². The van der Waals surface area contributed by atoms with Crippen LogP contribution in [-0.4, -0.2) is 15.6 Å². The van der Waals surface area contributed by atoms with Crippen molar-refractivity contribution in [3.8, 4) is 0 Å². The Balaban J connectivity index is 1.48.